The molecule has 0 saturated carbocycles. The van der Waals surface area contributed by atoms with Crippen LogP contribution in [0.1, 0.15) is 27.9 Å². The zero-order chi connectivity index (χ0) is 45.2. The van der Waals surface area contributed by atoms with Crippen LogP contribution in [-0.2, 0) is 30.9 Å². The van der Waals surface area contributed by atoms with Gasteiger partial charge in [0.1, 0.15) is 34.6 Å². The first-order chi connectivity index (χ1) is 31.5. The van der Waals surface area contributed by atoms with Gasteiger partial charge in [-0.15, -0.1) is 0 Å². The van der Waals surface area contributed by atoms with E-state index in [1.165, 1.54) is 18.3 Å². The number of likely N-dealkylation sites (N-methyl/N-ethyl adjacent to an activating group) is 1. The van der Waals surface area contributed by atoms with Crippen molar-refractivity contribution in [3.05, 3.63) is 147 Å². The van der Waals surface area contributed by atoms with Crippen LogP contribution in [0.15, 0.2) is 104 Å². The number of fused-ring (bicyclic) bond motifs is 6. The van der Waals surface area contributed by atoms with Gasteiger partial charge in [-0.1, -0.05) is 71.7 Å². The highest BCUT2D eigenvalue weighted by molar-refractivity contribution is 6.35. The van der Waals surface area contributed by atoms with Gasteiger partial charge in [0.2, 0.25) is 12.0 Å². The van der Waals surface area contributed by atoms with Gasteiger partial charge in [0.25, 0.3) is 0 Å². The number of carboxylic acids is 1. The van der Waals surface area contributed by atoms with Crippen LogP contribution < -0.4 is 14.2 Å². The monoisotopic (exact) mass is 915 g/mol. The van der Waals surface area contributed by atoms with E-state index in [4.69, 9.17) is 42.4 Å². The van der Waals surface area contributed by atoms with Crippen LogP contribution in [0.5, 0.6) is 17.4 Å². The molecule has 3 aliphatic heterocycles. The Kier molecular flexibility index (Phi) is 13.0. The van der Waals surface area contributed by atoms with Crippen LogP contribution in [0.4, 0.5) is 4.39 Å². The minimum Gasteiger partial charge on any atom is -0.496 e. The molecule has 1 atom stereocenters. The number of ether oxygens (including phenoxy) is 3. The largest absolute Gasteiger partial charge is 0.496 e. The Balaban J connectivity index is 1.15. The van der Waals surface area contributed by atoms with Gasteiger partial charge < -0.3 is 28.6 Å². The lowest BCUT2D eigenvalue weighted by molar-refractivity contribution is -0.145. The number of methoxy groups -OCH3 is 1. The van der Waals surface area contributed by atoms with Crippen molar-refractivity contribution < 1.29 is 28.5 Å². The minimum atomic E-state index is -1.41. The maximum atomic E-state index is 14.3. The smallest absolute Gasteiger partial charge is 0.345 e. The molecule has 3 aliphatic rings. The summed E-state index contributed by atoms with van der Waals surface area (Å²) in [4.78, 5) is 34.5. The summed E-state index contributed by atoms with van der Waals surface area (Å²) in [6.45, 7) is 8.78. The molecule has 1 fully saturated rings. The molecule has 0 spiro atoms. The molecule has 10 rings (SSSR count). The molecule has 334 valence electrons. The molecule has 7 aromatic rings. The Labute approximate surface area is 386 Å². The van der Waals surface area contributed by atoms with Crippen LogP contribution in [0.2, 0.25) is 10.2 Å². The van der Waals surface area contributed by atoms with Crippen molar-refractivity contribution in [2.45, 2.75) is 39.1 Å². The van der Waals surface area contributed by atoms with Gasteiger partial charge in [0.15, 0.2) is 5.82 Å². The molecule has 0 aliphatic carbocycles. The number of nitrogens with zero attached hydrogens (tertiary/aromatic N) is 7. The molecule has 4 bridgehead atoms. The number of rotatable bonds is 10. The third kappa shape index (κ3) is 9.38. The van der Waals surface area contributed by atoms with Gasteiger partial charge in [-0.05, 0) is 83.8 Å². The predicted octanol–water partition coefficient (Wildman–Crippen LogP) is 9.10. The quantitative estimate of drug-likeness (QED) is 0.142. The number of para-hydroxylation sites is 1. The van der Waals surface area contributed by atoms with Crippen LogP contribution in [0.3, 0.4) is 0 Å². The van der Waals surface area contributed by atoms with Crippen LogP contribution in [0, 0.1) is 12.7 Å². The first-order valence-electron chi connectivity index (χ1n) is 21.5. The summed E-state index contributed by atoms with van der Waals surface area (Å²) in [6.07, 6.45) is 3.41. The van der Waals surface area contributed by atoms with E-state index in [0.717, 1.165) is 67.1 Å². The number of hydrogen-bond donors (Lipinski definition) is 1. The van der Waals surface area contributed by atoms with E-state index >= 15 is 0 Å². The summed E-state index contributed by atoms with van der Waals surface area (Å²) < 4.78 is 34.6. The number of aromatic nitrogens is 4. The molecule has 6 heterocycles. The Bertz CT molecular complexity index is 2870. The van der Waals surface area contributed by atoms with Crippen molar-refractivity contribution >= 4 is 34.7 Å². The van der Waals surface area contributed by atoms with Gasteiger partial charge in [-0.2, -0.15) is 0 Å². The Hall–Kier alpha value is -6.09. The fourth-order valence-electron chi connectivity index (χ4n) is 8.70. The summed E-state index contributed by atoms with van der Waals surface area (Å²) in [5, 5.41) is 11.8. The van der Waals surface area contributed by atoms with Crippen molar-refractivity contribution in [1.29, 1.82) is 0 Å². The highest BCUT2D eigenvalue weighted by Crippen LogP contribution is 2.47. The minimum absolute atomic E-state index is 0.0513. The van der Waals surface area contributed by atoms with E-state index in [1.54, 1.807) is 42.1 Å². The lowest BCUT2D eigenvalue weighted by atomic mass is 9.93. The Morgan fingerprint density at radius 1 is 0.862 bits per heavy atom. The summed E-state index contributed by atoms with van der Waals surface area (Å²) in [5.74, 6) is 0.0779. The SMILES string of the molecule is COc1ccccc1-c1nccc(COc2ccc3cc2C[C@H](C(=O)O)Oc2nccn4c(Cl)c(-c5ccc(F)cc5)c(c24)-c2ccc(c(Cl)c2C)CN(CCN2CCN(C)CC2)C3)n1. The van der Waals surface area contributed by atoms with E-state index in [-0.39, 0.29) is 18.9 Å². The summed E-state index contributed by atoms with van der Waals surface area (Å²) in [7, 11) is 3.76. The standard InChI is InChI=1S/C50H48Cl2FN7O5/c1-31-38-14-11-34(45(31)51)29-59(25-24-58-22-20-57(2)21-23-58)28-32-8-15-40(64-30-37-16-17-54-48(56-37)39-6-4-5-7-41(39)63-3)35(26-32)27-42(50(61)62)65-49-46-44(38)43(33-9-12-36(53)13-10-33)47(52)60(46)19-18-55-49/h4-19,26,42H,20-25,27-30H2,1-3H3,(H,61,62)/t42-/m1/s1. The Morgan fingerprint density at radius 2 is 1.65 bits per heavy atom. The van der Waals surface area contributed by atoms with Gasteiger partial charge in [-0.3, -0.25) is 9.80 Å². The van der Waals surface area contributed by atoms with Crippen molar-refractivity contribution in [2.24, 2.45) is 0 Å². The first-order valence-corrected chi connectivity index (χ1v) is 22.3. The van der Waals surface area contributed by atoms with Crippen LogP contribution in [-0.4, -0.2) is 105 Å². The lowest BCUT2D eigenvalue weighted by Crippen LogP contribution is -2.46. The van der Waals surface area contributed by atoms with Gasteiger partial charge in [-0.25, -0.2) is 24.1 Å². The van der Waals surface area contributed by atoms with Crippen molar-refractivity contribution in [2.75, 3.05) is 53.4 Å². The second-order valence-electron chi connectivity index (χ2n) is 16.5. The van der Waals surface area contributed by atoms with Gasteiger partial charge >= 0.3 is 5.97 Å². The third-order valence-electron chi connectivity index (χ3n) is 12.2. The summed E-state index contributed by atoms with van der Waals surface area (Å²) in [6, 6.07) is 25.4. The lowest BCUT2D eigenvalue weighted by Gasteiger charge is -2.34. The number of aliphatic carboxylic acids is 1. The molecule has 3 aromatic heterocycles. The number of piperazine rings is 1. The predicted molar refractivity (Wildman–Crippen MR) is 249 cm³/mol. The van der Waals surface area contributed by atoms with E-state index in [2.05, 4.69) is 31.7 Å². The number of halogens is 3. The van der Waals surface area contributed by atoms with Crippen molar-refractivity contribution in [3.8, 4) is 51.0 Å². The third-order valence-corrected chi connectivity index (χ3v) is 13.1. The average molecular weight is 917 g/mol. The van der Waals surface area contributed by atoms with Crippen LogP contribution >= 0.6 is 23.2 Å². The zero-order valence-electron chi connectivity index (χ0n) is 36.3. The van der Waals surface area contributed by atoms with Crippen LogP contribution in [0.25, 0.3) is 39.2 Å². The molecule has 1 saturated heterocycles. The molecule has 0 amide bonds. The molecular weight excluding hydrogens is 868 g/mol. The second-order valence-corrected chi connectivity index (χ2v) is 17.3. The number of carbonyl (C=O) groups is 1. The molecule has 15 heteroatoms. The fraction of sp³-hybridized carbons (Fsp3) is 0.280. The van der Waals surface area contributed by atoms with E-state index in [1.807, 2.05) is 61.5 Å². The average Bonchev–Trinajstić information content (AvgIpc) is 3.61. The number of carboxylic acid groups (broad SMARTS) is 1. The highest BCUT2D eigenvalue weighted by atomic mass is 35.5. The van der Waals surface area contributed by atoms with Gasteiger partial charge in [0, 0.05) is 93.5 Å². The molecular formula is C50H48Cl2FN7O5. The molecule has 0 radical (unpaired) electrons. The Morgan fingerprint density at radius 3 is 2.43 bits per heavy atom. The molecule has 12 nitrogen and oxygen atoms in total. The first kappa shape index (κ1) is 44.1. The maximum absolute atomic E-state index is 14.3. The topological polar surface area (TPSA) is 118 Å². The molecule has 65 heavy (non-hydrogen) atoms. The normalized spacial score (nSPS) is 16.1. The molecule has 0 unspecified atom stereocenters. The summed E-state index contributed by atoms with van der Waals surface area (Å²) >= 11 is 14.6. The molecule has 1 N–H and O–H groups in total. The van der Waals surface area contributed by atoms with Gasteiger partial charge in [0.05, 0.1) is 18.4 Å². The number of benzene rings is 4. The van der Waals surface area contributed by atoms with E-state index in [9.17, 15) is 14.3 Å². The zero-order valence-corrected chi connectivity index (χ0v) is 37.8. The second kappa shape index (κ2) is 19.2. The van der Waals surface area contributed by atoms with E-state index < -0.39 is 17.9 Å². The highest BCUT2D eigenvalue weighted by Gasteiger charge is 2.30. The number of hydrogen-bond acceptors (Lipinski definition) is 10. The summed E-state index contributed by atoms with van der Waals surface area (Å²) in [5.41, 5.74) is 7.78. The van der Waals surface area contributed by atoms with E-state index in [0.29, 0.717) is 74.1 Å². The fourth-order valence-corrected chi connectivity index (χ4v) is 9.27. The van der Waals surface area contributed by atoms with Crippen molar-refractivity contribution in [1.82, 2.24) is 34.1 Å². The molecule has 4 aromatic carbocycles. The maximum Gasteiger partial charge on any atom is 0.345 e. The van der Waals surface area contributed by atoms with Crippen molar-refractivity contribution in [3.63, 3.8) is 0 Å².